The maximum absolute atomic E-state index is 8.58. The van der Waals surface area contributed by atoms with E-state index in [9.17, 15) is 0 Å². The van der Waals surface area contributed by atoms with Crippen molar-refractivity contribution in [2.24, 2.45) is 0 Å². The minimum atomic E-state index is 0.216. The van der Waals surface area contributed by atoms with Crippen LogP contribution in [-0.2, 0) is 6.42 Å². The van der Waals surface area contributed by atoms with Crippen LogP contribution in [-0.4, -0.2) is 9.97 Å². The molecule has 1 heterocycles. The highest BCUT2D eigenvalue weighted by atomic mass is 35.5. The average Bonchev–Trinajstić information content (AvgIpc) is 2.38. The first-order chi connectivity index (χ1) is 8.70. The molecule has 0 fully saturated rings. The van der Waals surface area contributed by atoms with E-state index in [-0.39, 0.29) is 5.15 Å². The third-order valence-electron chi connectivity index (χ3n) is 2.34. The van der Waals surface area contributed by atoms with Crippen molar-refractivity contribution >= 4 is 28.8 Å². The largest absolute Gasteiger partial charge is 0.393 e. The summed E-state index contributed by atoms with van der Waals surface area (Å²) in [4.78, 5) is 7.78. The molecule has 0 unspecified atom stereocenters. The van der Waals surface area contributed by atoms with Crippen molar-refractivity contribution < 1.29 is 0 Å². The number of nitrogen functional groups attached to an aromatic ring is 1. The van der Waals surface area contributed by atoms with E-state index in [1.54, 1.807) is 0 Å². The fourth-order valence-corrected chi connectivity index (χ4v) is 1.54. The molecule has 0 bridgehead atoms. The number of benzene rings is 1. The van der Waals surface area contributed by atoms with Gasteiger partial charge in [0.15, 0.2) is 11.0 Å². The molecule has 0 spiro atoms. The van der Waals surface area contributed by atoms with E-state index >= 15 is 0 Å². The molecule has 0 aliphatic heterocycles. The number of nitrogens with two attached hydrogens (primary N) is 1. The smallest absolute Gasteiger partial charge is 0.158 e. The Morgan fingerprint density at radius 3 is 2.67 bits per heavy atom. The molecule has 90 valence electrons. The van der Waals surface area contributed by atoms with Gasteiger partial charge in [-0.15, -0.1) is 0 Å². The van der Waals surface area contributed by atoms with Crippen LogP contribution < -0.4 is 11.1 Å². The van der Waals surface area contributed by atoms with Crippen LogP contribution >= 0.6 is 11.6 Å². The van der Waals surface area contributed by atoms with E-state index in [1.807, 2.05) is 24.3 Å². The van der Waals surface area contributed by atoms with Crippen LogP contribution in [0.4, 0.5) is 17.2 Å². The number of halogens is 1. The van der Waals surface area contributed by atoms with Crippen LogP contribution in [0.15, 0.2) is 30.6 Å². The zero-order valence-electron chi connectivity index (χ0n) is 9.39. The summed E-state index contributed by atoms with van der Waals surface area (Å²) in [5, 5.41) is 11.8. The highest BCUT2D eigenvalue weighted by molar-refractivity contribution is 6.32. The summed E-state index contributed by atoms with van der Waals surface area (Å²) in [6.45, 7) is 0. The van der Waals surface area contributed by atoms with Crippen LogP contribution in [0.25, 0.3) is 0 Å². The third-order valence-corrected chi connectivity index (χ3v) is 2.64. The minimum Gasteiger partial charge on any atom is -0.393 e. The van der Waals surface area contributed by atoms with Crippen LogP contribution in [0.1, 0.15) is 5.56 Å². The zero-order chi connectivity index (χ0) is 13.0. The second-order valence-corrected chi connectivity index (χ2v) is 3.94. The van der Waals surface area contributed by atoms with Crippen molar-refractivity contribution in [3.05, 3.63) is 41.3 Å². The normalized spacial score (nSPS) is 9.78. The summed E-state index contributed by atoms with van der Waals surface area (Å²) in [6.07, 6.45) is 1.73. The van der Waals surface area contributed by atoms with Gasteiger partial charge in [0, 0.05) is 5.69 Å². The number of nitriles is 1. The van der Waals surface area contributed by atoms with E-state index in [1.165, 1.54) is 6.33 Å². The van der Waals surface area contributed by atoms with Crippen LogP contribution in [0.2, 0.25) is 5.15 Å². The summed E-state index contributed by atoms with van der Waals surface area (Å²) >= 11 is 5.79. The quantitative estimate of drug-likeness (QED) is 0.827. The van der Waals surface area contributed by atoms with Crippen molar-refractivity contribution in [2.75, 3.05) is 11.1 Å². The van der Waals surface area contributed by atoms with E-state index < -0.39 is 0 Å². The fraction of sp³-hybridized carbons (Fsp3) is 0.0833. The van der Waals surface area contributed by atoms with Gasteiger partial charge in [0.1, 0.15) is 12.0 Å². The number of nitrogens with one attached hydrogen (secondary N) is 1. The summed E-state index contributed by atoms with van der Waals surface area (Å²) in [7, 11) is 0. The third kappa shape index (κ3) is 2.67. The van der Waals surface area contributed by atoms with Gasteiger partial charge in [-0.2, -0.15) is 5.26 Å². The SMILES string of the molecule is N#CCc1ccc(Nc2ncnc(Cl)c2N)cc1. The Hall–Kier alpha value is -2.32. The molecular formula is C12H10ClN5. The van der Waals surface area contributed by atoms with Gasteiger partial charge in [-0.1, -0.05) is 23.7 Å². The molecule has 6 heteroatoms. The topological polar surface area (TPSA) is 87.6 Å². The molecule has 0 aliphatic carbocycles. The molecule has 1 aromatic carbocycles. The molecule has 0 saturated carbocycles. The summed E-state index contributed by atoms with van der Waals surface area (Å²) < 4.78 is 0. The van der Waals surface area contributed by atoms with Crippen LogP contribution in [0.5, 0.6) is 0 Å². The standard InChI is InChI=1S/C12H10ClN5/c13-11-10(15)12(17-7-16-11)18-9-3-1-8(2-4-9)5-6-14/h1-4,7H,5,15H2,(H,16,17,18). The van der Waals surface area contributed by atoms with Gasteiger partial charge in [-0.3, -0.25) is 0 Å². The summed E-state index contributed by atoms with van der Waals surface area (Å²) in [6, 6.07) is 9.52. The molecule has 0 atom stereocenters. The van der Waals surface area contributed by atoms with Crippen LogP contribution in [0.3, 0.4) is 0 Å². The lowest BCUT2D eigenvalue weighted by Gasteiger charge is -2.08. The molecule has 18 heavy (non-hydrogen) atoms. The molecule has 2 aromatic rings. The van der Waals surface area contributed by atoms with Gasteiger partial charge in [0.05, 0.1) is 12.5 Å². The Morgan fingerprint density at radius 2 is 2.00 bits per heavy atom. The number of hydrogen-bond donors (Lipinski definition) is 2. The lowest BCUT2D eigenvalue weighted by molar-refractivity contribution is 1.17. The van der Waals surface area contributed by atoms with Gasteiger partial charge in [-0.25, -0.2) is 9.97 Å². The van der Waals surface area contributed by atoms with Crippen molar-refractivity contribution in [3.63, 3.8) is 0 Å². The molecule has 0 aliphatic rings. The van der Waals surface area contributed by atoms with Crippen molar-refractivity contribution in [1.29, 1.82) is 5.26 Å². The Morgan fingerprint density at radius 1 is 1.28 bits per heavy atom. The van der Waals surface area contributed by atoms with Gasteiger partial charge >= 0.3 is 0 Å². The average molecular weight is 260 g/mol. The second-order valence-electron chi connectivity index (χ2n) is 3.58. The molecule has 0 amide bonds. The number of rotatable bonds is 3. The molecule has 2 rings (SSSR count). The molecule has 1 aromatic heterocycles. The predicted octanol–water partition coefficient (Wildman–Crippen LogP) is 2.52. The first-order valence-corrected chi connectivity index (χ1v) is 5.57. The van der Waals surface area contributed by atoms with Crippen molar-refractivity contribution in [1.82, 2.24) is 9.97 Å². The maximum atomic E-state index is 8.58. The first-order valence-electron chi connectivity index (χ1n) is 5.19. The number of hydrogen-bond acceptors (Lipinski definition) is 5. The van der Waals surface area contributed by atoms with E-state index in [2.05, 4.69) is 21.4 Å². The molecule has 0 radical (unpaired) electrons. The second kappa shape index (κ2) is 5.34. The maximum Gasteiger partial charge on any atom is 0.158 e. The molecule has 5 nitrogen and oxygen atoms in total. The monoisotopic (exact) mass is 259 g/mol. The van der Waals surface area contributed by atoms with Crippen molar-refractivity contribution in [2.45, 2.75) is 6.42 Å². The Bertz CT molecular complexity index is 588. The van der Waals surface area contributed by atoms with Gasteiger partial charge in [0.2, 0.25) is 0 Å². The fourth-order valence-electron chi connectivity index (χ4n) is 1.41. The Kier molecular flexibility index (Phi) is 3.60. The van der Waals surface area contributed by atoms with Gasteiger partial charge in [0.25, 0.3) is 0 Å². The highest BCUT2D eigenvalue weighted by Crippen LogP contribution is 2.25. The molecular weight excluding hydrogens is 250 g/mol. The van der Waals surface area contributed by atoms with Gasteiger partial charge < -0.3 is 11.1 Å². The zero-order valence-corrected chi connectivity index (χ0v) is 10.1. The van der Waals surface area contributed by atoms with Crippen molar-refractivity contribution in [3.8, 4) is 6.07 Å². The number of nitrogens with zero attached hydrogens (tertiary/aromatic N) is 3. The summed E-state index contributed by atoms with van der Waals surface area (Å²) in [5.41, 5.74) is 7.82. The first kappa shape index (κ1) is 12.1. The summed E-state index contributed by atoms with van der Waals surface area (Å²) in [5.74, 6) is 0.461. The lowest BCUT2D eigenvalue weighted by atomic mass is 10.1. The Labute approximate surface area is 109 Å². The van der Waals surface area contributed by atoms with Gasteiger partial charge in [-0.05, 0) is 17.7 Å². The molecule has 3 N–H and O–H groups in total. The van der Waals surface area contributed by atoms with E-state index in [0.717, 1.165) is 11.3 Å². The number of anilines is 3. The highest BCUT2D eigenvalue weighted by Gasteiger charge is 2.05. The Balaban J connectivity index is 2.19. The van der Waals surface area contributed by atoms with E-state index in [4.69, 9.17) is 22.6 Å². The van der Waals surface area contributed by atoms with E-state index in [0.29, 0.717) is 17.9 Å². The van der Waals surface area contributed by atoms with Crippen LogP contribution in [0, 0.1) is 11.3 Å². The molecule has 0 saturated heterocycles. The predicted molar refractivity (Wildman–Crippen MR) is 70.5 cm³/mol. The lowest BCUT2D eigenvalue weighted by Crippen LogP contribution is -2.01. The number of aromatic nitrogens is 2. The minimum absolute atomic E-state index is 0.216.